The third-order valence-corrected chi connectivity index (χ3v) is 1.45. The van der Waals surface area contributed by atoms with E-state index in [-0.39, 0.29) is 6.42 Å². The van der Waals surface area contributed by atoms with E-state index >= 15 is 0 Å². The van der Waals surface area contributed by atoms with Crippen molar-refractivity contribution in [3.63, 3.8) is 0 Å². The first-order valence-electron chi connectivity index (χ1n) is 5.72. The highest BCUT2D eigenvalue weighted by Crippen LogP contribution is 2.09. The normalized spacial score (nSPS) is 9.70. The lowest BCUT2D eigenvalue weighted by Gasteiger charge is -2.03. The molecule has 2 atom stereocenters. The molecule has 0 fully saturated rings. The lowest BCUT2D eigenvalue weighted by molar-refractivity contribution is -0.0960. The van der Waals surface area contributed by atoms with E-state index in [1.165, 1.54) is 18.3 Å². The van der Waals surface area contributed by atoms with E-state index in [0.29, 0.717) is 5.56 Å². The van der Waals surface area contributed by atoms with Crippen molar-refractivity contribution < 1.29 is 23.4 Å². The van der Waals surface area contributed by atoms with Gasteiger partial charge in [0.1, 0.15) is 11.6 Å². The SMILES string of the molecule is C#C.CCP.COF.C[C@H](O)Cc1cc(F)cc(F)c1. The van der Waals surface area contributed by atoms with E-state index in [4.69, 9.17) is 5.11 Å². The first-order valence-corrected chi connectivity index (χ1v) is 6.54. The molecule has 0 aromatic heterocycles. The van der Waals surface area contributed by atoms with Gasteiger partial charge in [0.05, 0.1) is 13.2 Å². The second-order valence-electron chi connectivity index (χ2n) is 3.39. The summed E-state index contributed by atoms with van der Waals surface area (Å²) in [5.74, 6) is -1.21. The Morgan fingerprint density at radius 1 is 1.25 bits per heavy atom. The summed E-state index contributed by atoms with van der Waals surface area (Å²) in [6, 6.07) is 3.25. The Hall–Kier alpha value is -1.08. The van der Waals surface area contributed by atoms with Gasteiger partial charge in [-0.15, -0.1) is 22.1 Å². The van der Waals surface area contributed by atoms with Gasteiger partial charge in [0, 0.05) is 6.07 Å². The molecule has 0 saturated carbocycles. The summed E-state index contributed by atoms with van der Waals surface area (Å²) in [6.07, 6.45) is 8.86. The van der Waals surface area contributed by atoms with Crippen LogP contribution in [0.1, 0.15) is 19.4 Å². The van der Waals surface area contributed by atoms with E-state index in [1.54, 1.807) is 6.92 Å². The van der Waals surface area contributed by atoms with Crippen LogP contribution < -0.4 is 0 Å². The van der Waals surface area contributed by atoms with Gasteiger partial charge in [0.15, 0.2) is 0 Å². The predicted molar refractivity (Wildman–Crippen MR) is 80.0 cm³/mol. The van der Waals surface area contributed by atoms with Crippen LogP contribution in [-0.4, -0.2) is 24.5 Å². The summed E-state index contributed by atoms with van der Waals surface area (Å²) in [4.78, 5) is 2.75. The van der Waals surface area contributed by atoms with Gasteiger partial charge in [-0.1, -0.05) is 6.92 Å². The standard InChI is InChI=1S/C9H10F2O.C2H7P.C2H2.CH3FO/c1-6(12)2-7-3-8(10)5-9(11)4-7;1-2-3;1-2;1-3-2/h3-6,12H,2H2,1H3;2-3H2,1H3;1-2H;1H3/t6-;;;/m0.../s1. The van der Waals surface area contributed by atoms with E-state index < -0.39 is 17.7 Å². The molecule has 2 nitrogen and oxygen atoms in total. The Bertz CT molecular complexity index is 322. The summed E-state index contributed by atoms with van der Waals surface area (Å²) >= 11 is 0. The van der Waals surface area contributed by atoms with Crippen LogP contribution in [-0.2, 0) is 11.4 Å². The molecule has 0 aliphatic rings. The van der Waals surface area contributed by atoms with Crippen LogP contribution in [0.15, 0.2) is 18.2 Å². The summed E-state index contributed by atoms with van der Waals surface area (Å²) in [6.45, 7) is 3.66. The predicted octanol–water partition coefficient (Wildman–Crippen LogP) is 3.54. The fourth-order valence-electron chi connectivity index (χ4n) is 1.07. The molecular weight excluding hydrogens is 288 g/mol. The van der Waals surface area contributed by atoms with Gasteiger partial charge >= 0.3 is 0 Å². The molecule has 1 N–H and O–H groups in total. The fourth-order valence-corrected chi connectivity index (χ4v) is 1.07. The van der Waals surface area contributed by atoms with Gasteiger partial charge in [-0.25, -0.2) is 8.78 Å². The first kappa shape index (κ1) is 24.0. The summed E-state index contributed by atoms with van der Waals surface area (Å²) in [5, 5.41) is 8.94. The smallest absolute Gasteiger partial charge is 0.126 e. The van der Waals surface area contributed by atoms with Crippen molar-refractivity contribution in [1.29, 1.82) is 0 Å². The molecule has 0 saturated heterocycles. The van der Waals surface area contributed by atoms with Gasteiger partial charge in [-0.2, -0.15) is 4.94 Å². The highest BCUT2D eigenvalue weighted by Gasteiger charge is 2.02. The van der Waals surface area contributed by atoms with Gasteiger partial charge in [0.2, 0.25) is 0 Å². The van der Waals surface area contributed by atoms with Crippen molar-refractivity contribution in [2.24, 2.45) is 0 Å². The molecule has 116 valence electrons. The molecule has 1 aromatic carbocycles. The summed E-state index contributed by atoms with van der Waals surface area (Å²) < 4.78 is 34.9. The van der Waals surface area contributed by atoms with Crippen molar-refractivity contribution in [3.8, 4) is 12.8 Å². The third kappa shape index (κ3) is 19.3. The van der Waals surface area contributed by atoms with Gasteiger partial charge < -0.3 is 5.11 Å². The van der Waals surface area contributed by atoms with E-state index in [0.717, 1.165) is 13.2 Å². The van der Waals surface area contributed by atoms with Crippen molar-refractivity contribution in [2.75, 3.05) is 13.3 Å². The van der Waals surface area contributed by atoms with E-state index in [1.807, 2.05) is 0 Å². The number of hydrogen-bond donors (Lipinski definition) is 1. The second kappa shape index (κ2) is 17.9. The Morgan fingerprint density at radius 3 is 1.80 bits per heavy atom. The molecule has 0 aliphatic carbocycles. The highest BCUT2D eigenvalue weighted by molar-refractivity contribution is 7.16. The average Bonchev–Trinajstić information content (AvgIpc) is 2.31. The molecule has 0 radical (unpaired) electrons. The van der Waals surface area contributed by atoms with E-state index in [2.05, 4.69) is 34.0 Å². The molecule has 20 heavy (non-hydrogen) atoms. The molecular formula is C14H22F3O2P. The van der Waals surface area contributed by atoms with Crippen molar-refractivity contribution in [3.05, 3.63) is 35.4 Å². The summed E-state index contributed by atoms with van der Waals surface area (Å²) in [7, 11) is 3.54. The lowest BCUT2D eigenvalue weighted by atomic mass is 10.1. The van der Waals surface area contributed by atoms with Gasteiger partial charge in [-0.3, -0.25) is 0 Å². The topological polar surface area (TPSA) is 29.5 Å². The molecule has 0 spiro atoms. The third-order valence-electron chi connectivity index (χ3n) is 1.45. The Morgan fingerprint density at radius 2 is 1.55 bits per heavy atom. The van der Waals surface area contributed by atoms with E-state index in [9.17, 15) is 13.3 Å². The maximum absolute atomic E-state index is 12.6. The molecule has 1 unspecified atom stereocenters. The van der Waals surface area contributed by atoms with Crippen LogP contribution in [0.5, 0.6) is 0 Å². The number of halogens is 3. The zero-order chi connectivity index (χ0) is 16.6. The fraction of sp³-hybridized carbons (Fsp3) is 0.429. The number of terminal acetylenes is 1. The molecule has 1 aromatic rings. The van der Waals surface area contributed by atoms with Crippen LogP contribution >= 0.6 is 9.24 Å². The van der Waals surface area contributed by atoms with Crippen molar-refractivity contribution >= 4 is 9.24 Å². The second-order valence-corrected chi connectivity index (χ2v) is 4.21. The average molecular weight is 310 g/mol. The Balaban J connectivity index is -0.000000304. The number of aliphatic hydroxyl groups is 1. The molecule has 6 heteroatoms. The number of aliphatic hydroxyl groups excluding tert-OH is 1. The molecule has 0 heterocycles. The van der Waals surface area contributed by atoms with Crippen molar-refractivity contribution in [1.82, 2.24) is 0 Å². The Labute approximate surface area is 121 Å². The summed E-state index contributed by atoms with van der Waals surface area (Å²) in [5.41, 5.74) is 0.475. The minimum atomic E-state index is -0.606. The quantitative estimate of drug-likeness (QED) is 0.669. The minimum Gasteiger partial charge on any atom is -0.393 e. The minimum absolute atomic E-state index is 0.272. The van der Waals surface area contributed by atoms with Gasteiger partial charge in [-0.05, 0) is 41.7 Å². The van der Waals surface area contributed by atoms with Crippen molar-refractivity contribution in [2.45, 2.75) is 26.4 Å². The number of hydrogen-bond acceptors (Lipinski definition) is 2. The van der Waals surface area contributed by atoms with Gasteiger partial charge in [0.25, 0.3) is 0 Å². The monoisotopic (exact) mass is 310 g/mol. The largest absolute Gasteiger partial charge is 0.393 e. The molecule has 1 rings (SSSR count). The zero-order valence-corrected chi connectivity index (χ0v) is 13.1. The number of rotatable bonds is 2. The molecule has 0 amide bonds. The van der Waals surface area contributed by atoms with Crippen LogP contribution in [0, 0.1) is 24.5 Å². The molecule has 0 aliphatic heterocycles. The molecule has 0 bridgehead atoms. The first-order chi connectivity index (χ1) is 9.40. The van der Waals surface area contributed by atoms with Crippen LogP contribution in [0.4, 0.5) is 13.3 Å². The maximum Gasteiger partial charge on any atom is 0.126 e. The van der Waals surface area contributed by atoms with Crippen LogP contribution in [0.3, 0.4) is 0 Å². The maximum atomic E-state index is 12.6. The lowest BCUT2D eigenvalue weighted by Crippen LogP contribution is -2.04. The number of benzene rings is 1. The zero-order valence-electron chi connectivity index (χ0n) is 11.9. The van der Waals surface area contributed by atoms with Crippen LogP contribution in [0.25, 0.3) is 0 Å². The Kier molecular flexibility index (Phi) is 21.5. The van der Waals surface area contributed by atoms with Crippen LogP contribution in [0.2, 0.25) is 0 Å². The highest BCUT2D eigenvalue weighted by atomic mass is 31.0.